The van der Waals surface area contributed by atoms with Gasteiger partial charge in [0.15, 0.2) is 0 Å². The number of carbonyl (C=O) groups is 1. The maximum absolute atomic E-state index is 13.0. The van der Waals surface area contributed by atoms with E-state index in [1.165, 1.54) is 12.1 Å². The molecule has 1 N–H and O–H groups in total. The van der Waals surface area contributed by atoms with E-state index in [0.29, 0.717) is 18.2 Å². The Bertz CT molecular complexity index is 834. The third-order valence-electron chi connectivity index (χ3n) is 5.04. The largest absolute Gasteiger partial charge is 0.439 e. The summed E-state index contributed by atoms with van der Waals surface area (Å²) in [6.07, 6.45) is 1.84. The maximum atomic E-state index is 13.0. The van der Waals surface area contributed by atoms with Crippen LogP contribution < -0.4 is 10.1 Å². The molecule has 0 aliphatic carbocycles. The topological polar surface area (TPSA) is 63.7 Å². The Kier molecular flexibility index (Phi) is 7.39. The number of pyridine rings is 1. The molecule has 1 saturated heterocycles. The predicted octanol–water partition coefficient (Wildman–Crippen LogP) is 3.76. The summed E-state index contributed by atoms with van der Waals surface area (Å²) in [5, 5.41) is 3.05. The van der Waals surface area contributed by atoms with Crippen LogP contribution in [-0.4, -0.2) is 47.1 Å². The first-order chi connectivity index (χ1) is 14.3. The number of morpholine rings is 1. The molecular formula is C23H30FN3O3. The molecule has 3 rings (SSSR count). The number of carbonyl (C=O) groups excluding carboxylic acids is 1. The van der Waals surface area contributed by atoms with Gasteiger partial charge >= 0.3 is 0 Å². The molecule has 0 radical (unpaired) electrons. The monoisotopic (exact) mass is 415 g/mol. The molecular weight excluding hydrogens is 385 g/mol. The molecule has 1 aromatic heterocycles. The Morgan fingerprint density at radius 3 is 2.53 bits per heavy atom. The minimum absolute atomic E-state index is 0.00381. The van der Waals surface area contributed by atoms with Gasteiger partial charge in [-0.2, -0.15) is 0 Å². The van der Waals surface area contributed by atoms with Crippen molar-refractivity contribution in [3.05, 3.63) is 54.0 Å². The van der Waals surface area contributed by atoms with E-state index in [2.05, 4.69) is 29.0 Å². The van der Waals surface area contributed by atoms with Gasteiger partial charge in [-0.05, 0) is 55.7 Å². The van der Waals surface area contributed by atoms with Crippen LogP contribution in [-0.2, 0) is 16.1 Å². The summed E-state index contributed by atoms with van der Waals surface area (Å²) in [5.74, 6) is 0.752. The number of aromatic nitrogens is 1. The third-order valence-corrected chi connectivity index (χ3v) is 5.04. The van der Waals surface area contributed by atoms with E-state index >= 15 is 0 Å². The van der Waals surface area contributed by atoms with Crippen molar-refractivity contribution in [2.75, 3.05) is 13.1 Å². The molecule has 0 saturated carbocycles. The van der Waals surface area contributed by atoms with Gasteiger partial charge in [-0.15, -0.1) is 0 Å². The highest BCUT2D eigenvalue weighted by Gasteiger charge is 2.33. The average molecular weight is 416 g/mol. The zero-order chi connectivity index (χ0) is 21.7. The fraction of sp³-hybridized carbons (Fsp3) is 0.478. The van der Waals surface area contributed by atoms with E-state index in [1.54, 1.807) is 24.4 Å². The summed E-state index contributed by atoms with van der Waals surface area (Å²) in [4.78, 5) is 19.4. The highest BCUT2D eigenvalue weighted by Crippen LogP contribution is 2.21. The van der Waals surface area contributed by atoms with Gasteiger partial charge in [0, 0.05) is 31.9 Å². The first-order valence-corrected chi connectivity index (χ1v) is 10.4. The normalized spacial score (nSPS) is 20.7. The molecule has 3 unspecified atom stereocenters. The van der Waals surface area contributed by atoms with Crippen molar-refractivity contribution in [3.63, 3.8) is 0 Å². The van der Waals surface area contributed by atoms with E-state index in [0.717, 1.165) is 18.7 Å². The lowest BCUT2D eigenvalue weighted by Gasteiger charge is -2.41. The zero-order valence-electron chi connectivity index (χ0n) is 18.0. The lowest BCUT2D eigenvalue weighted by molar-refractivity contribution is -0.135. The van der Waals surface area contributed by atoms with Crippen LogP contribution in [0, 0.1) is 11.7 Å². The molecule has 7 heteroatoms. The average Bonchev–Trinajstić information content (AvgIpc) is 2.68. The van der Waals surface area contributed by atoms with Crippen LogP contribution in [0.3, 0.4) is 0 Å². The molecule has 2 aromatic rings. The Balaban J connectivity index is 1.62. The lowest BCUT2D eigenvalue weighted by Crippen LogP contribution is -2.56. The van der Waals surface area contributed by atoms with Gasteiger partial charge in [0.05, 0.1) is 18.2 Å². The van der Waals surface area contributed by atoms with E-state index in [9.17, 15) is 9.18 Å². The molecule has 2 heterocycles. The third kappa shape index (κ3) is 6.00. The Labute approximate surface area is 177 Å². The van der Waals surface area contributed by atoms with Crippen LogP contribution in [0.15, 0.2) is 42.6 Å². The van der Waals surface area contributed by atoms with Gasteiger partial charge in [-0.1, -0.05) is 13.8 Å². The summed E-state index contributed by atoms with van der Waals surface area (Å²) < 4.78 is 24.5. The number of rotatable bonds is 7. The Morgan fingerprint density at radius 2 is 1.90 bits per heavy atom. The summed E-state index contributed by atoms with van der Waals surface area (Å²) in [7, 11) is 0. The van der Waals surface area contributed by atoms with Gasteiger partial charge in [0.1, 0.15) is 11.6 Å². The van der Waals surface area contributed by atoms with Gasteiger partial charge in [-0.3, -0.25) is 9.69 Å². The number of hydrogen-bond donors (Lipinski definition) is 1. The number of amides is 1. The van der Waals surface area contributed by atoms with Crippen LogP contribution >= 0.6 is 0 Å². The molecule has 162 valence electrons. The SMILES string of the molecule is CC1CN(C(C(=O)NCc2ccnc(Oc3ccc(F)cc3)c2)C(C)C)CC(C)O1. The lowest BCUT2D eigenvalue weighted by atomic mass is 9.99. The minimum atomic E-state index is -0.324. The second kappa shape index (κ2) is 10.00. The standard InChI is InChI=1S/C23H30FN3O3/c1-15(2)22(27-13-16(3)29-17(4)14-27)23(28)26-12-18-9-10-25-21(11-18)30-20-7-5-19(24)6-8-20/h5-11,15-17,22H,12-14H2,1-4H3,(H,26,28). The first kappa shape index (κ1) is 22.2. The first-order valence-electron chi connectivity index (χ1n) is 10.4. The molecule has 1 amide bonds. The highest BCUT2D eigenvalue weighted by molar-refractivity contribution is 5.82. The second-order valence-corrected chi connectivity index (χ2v) is 8.18. The van der Waals surface area contributed by atoms with Crippen molar-refractivity contribution >= 4 is 5.91 Å². The number of ether oxygens (including phenoxy) is 2. The molecule has 1 fully saturated rings. The van der Waals surface area contributed by atoms with Crippen molar-refractivity contribution < 1.29 is 18.7 Å². The van der Waals surface area contributed by atoms with Gasteiger partial charge in [0.25, 0.3) is 0 Å². The highest BCUT2D eigenvalue weighted by atomic mass is 19.1. The Morgan fingerprint density at radius 1 is 1.23 bits per heavy atom. The summed E-state index contributed by atoms with van der Waals surface area (Å²) >= 11 is 0. The summed E-state index contributed by atoms with van der Waals surface area (Å²) in [6.45, 7) is 10.1. The predicted molar refractivity (Wildman–Crippen MR) is 113 cm³/mol. The van der Waals surface area contributed by atoms with Gasteiger partial charge in [0.2, 0.25) is 11.8 Å². The molecule has 1 aliphatic heterocycles. The molecule has 30 heavy (non-hydrogen) atoms. The van der Waals surface area contributed by atoms with Crippen molar-refractivity contribution in [2.24, 2.45) is 5.92 Å². The number of benzene rings is 1. The fourth-order valence-corrected chi connectivity index (χ4v) is 3.87. The smallest absolute Gasteiger partial charge is 0.237 e. The van der Waals surface area contributed by atoms with Crippen molar-refractivity contribution in [1.82, 2.24) is 15.2 Å². The van der Waals surface area contributed by atoms with Crippen LogP contribution in [0.2, 0.25) is 0 Å². The fourth-order valence-electron chi connectivity index (χ4n) is 3.87. The van der Waals surface area contributed by atoms with Crippen molar-refractivity contribution in [2.45, 2.75) is 52.5 Å². The summed E-state index contributed by atoms with van der Waals surface area (Å²) in [5.41, 5.74) is 0.877. The van der Waals surface area contributed by atoms with Crippen molar-refractivity contribution in [3.8, 4) is 11.6 Å². The van der Waals surface area contributed by atoms with E-state index in [4.69, 9.17) is 9.47 Å². The maximum Gasteiger partial charge on any atom is 0.237 e. The Hall–Kier alpha value is -2.51. The summed E-state index contributed by atoms with van der Waals surface area (Å²) in [6, 6.07) is 9.15. The number of hydrogen-bond acceptors (Lipinski definition) is 5. The van der Waals surface area contributed by atoms with Crippen LogP contribution in [0.25, 0.3) is 0 Å². The molecule has 0 bridgehead atoms. The van der Waals surface area contributed by atoms with E-state index in [1.807, 2.05) is 19.9 Å². The minimum Gasteiger partial charge on any atom is -0.439 e. The molecule has 0 spiro atoms. The van der Waals surface area contributed by atoms with Gasteiger partial charge < -0.3 is 14.8 Å². The second-order valence-electron chi connectivity index (χ2n) is 8.18. The molecule has 1 aromatic carbocycles. The van der Waals surface area contributed by atoms with Crippen molar-refractivity contribution in [1.29, 1.82) is 0 Å². The number of halogens is 1. The zero-order valence-corrected chi connectivity index (χ0v) is 18.0. The quantitative estimate of drug-likeness (QED) is 0.746. The number of nitrogens with one attached hydrogen (secondary N) is 1. The molecule has 6 nitrogen and oxygen atoms in total. The van der Waals surface area contributed by atoms with E-state index in [-0.39, 0.29) is 35.9 Å². The molecule has 3 atom stereocenters. The van der Waals surface area contributed by atoms with Crippen LogP contribution in [0.5, 0.6) is 11.6 Å². The molecule has 1 aliphatic rings. The number of nitrogens with zero attached hydrogens (tertiary/aromatic N) is 2. The van der Waals surface area contributed by atoms with Gasteiger partial charge in [-0.25, -0.2) is 9.37 Å². The van der Waals surface area contributed by atoms with E-state index < -0.39 is 0 Å². The van der Waals surface area contributed by atoms with Crippen LogP contribution in [0.4, 0.5) is 4.39 Å². The van der Waals surface area contributed by atoms with Crippen LogP contribution in [0.1, 0.15) is 33.3 Å².